The van der Waals surface area contributed by atoms with Gasteiger partial charge in [0.05, 0.1) is 6.26 Å². The van der Waals surface area contributed by atoms with Gasteiger partial charge in [-0.15, -0.1) is 0 Å². The van der Waals surface area contributed by atoms with Crippen molar-refractivity contribution in [3.8, 4) is 0 Å². The number of rotatable bonds is 5. The first-order valence-electron chi connectivity index (χ1n) is 5.52. The van der Waals surface area contributed by atoms with Gasteiger partial charge in [-0.3, -0.25) is 0 Å². The quantitative estimate of drug-likeness (QED) is 0.854. The zero-order valence-corrected chi connectivity index (χ0v) is 11.9. The summed E-state index contributed by atoms with van der Waals surface area (Å²) in [4.78, 5) is 6.97. The van der Waals surface area contributed by atoms with Crippen molar-refractivity contribution in [3.05, 3.63) is 18.0 Å². The van der Waals surface area contributed by atoms with Crippen molar-refractivity contribution in [1.82, 2.24) is 14.7 Å². The largest absolute Gasteiger partial charge is 0.433 e. The zero-order valence-electron chi connectivity index (χ0n) is 11.1. The minimum absolute atomic E-state index is 0.0291. The first-order chi connectivity index (χ1) is 8.89. The van der Waals surface area contributed by atoms with Crippen molar-refractivity contribution < 1.29 is 21.6 Å². The predicted molar refractivity (Wildman–Crippen MR) is 67.6 cm³/mol. The Morgan fingerprint density at radius 1 is 1.30 bits per heavy atom. The van der Waals surface area contributed by atoms with Gasteiger partial charge in [-0.05, 0) is 19.9 Å². The molecule has 1 heterocycles. The Bertz CT molecular complexity index is 572. The van der Waals surface area contributed by atoms with Crippen LogP contribution in [0.3, 0.4) is 0 Å². The van der Waals surface area contributed by atoms with E-state index in [2.05, 4.69) is 20.0 Å². The maximum Gasteiger partial charge on any atom is 0.433 e. The maximum atomic E-state index is 12.5. The number of aromatic nitrogens is 2. The van der Waals surface area contributed by atoms with Crippen LogP contribution in [0.25, 0.3) is 0 Å². The Hall–Kier alpha value is -1.42. The highest BCUT2D eigenvalue weighted by atomic mass is 32.2. The molecule has 0 aliphatic carbocycles. The summed E-state index contributed by atoms with van der Waals surface area (Å²) in [6.45, 7) is 3.19. The van der Waals surface area contributed by atoms with E-state index in [1.54, 1.807) is 13.8 Å². The molecule has 0 unspecified atom stereocenters. The van der Waals surface area contributed by atoms with E-state index in [0.29, 0.717) is 0 Å². The molecule has 0 radical (unpaired) electrons. The second-order valence-corrected chi connectivity index (χ2v) is 6.62. The van der Waals surface area contributed by atoms with Crippen LogP contribution < -0.4 is 10.0 Å². The van der Waals surface area contributed by atoms with E-state index in [9.17, 15) is 21.6 Å². The van der Waals surface area contributed by atoms with Gasteiger partial charge in [0.15, 0.2) is 0 Å². The molecule has 1 aromatic heterocycles. The lowest BCUT2D eigenvalue weighted by Crippen LogP contribution is -2.48. The average Bonchev–Trinajstić information content (AvgIpc) is 2.22. The van der Waals surface area contributed by atoms with E-state index in [4.69, 9.17) is 0 Å². The minimum atomic E-state index is -4.56. The molecule has 0 aliphatic heterocycles. The molecule has 0 aliphatic rings. The molecule has 1 aromatic rings. The summed E-state index contributed by atoms with van der Waals surface area (Å²) >= 11 is 0. The summed E-state index contributed by atoms with van der Waals surface area (Å²) in [5.41, 5.74) is -1.96. The number of sulfonamides is 1. The smallest absolute Gasteiger partial charge is 0.352 e. The summed E-state index contributed by atoms with van der Waals surface area (Å²) in [5.74, 6) is -0.219. The minimum Gasteiger partial charge on any atom is -0.352 e. The molecule has 0 saturated heterocycles. The molecule has 0 saturated carbocycles. The molecular formula is C10H15F3N4O2S. The molecule has 20 heavy (non-hydrogen) atoms. The van der Waals surface area contributed by atoms with Crippen molar-refractivity contribution >= 4 is 16.0 Å². The molecule has 0 amide bonds. The maximum absolute atomic E-state index is 12.5. The normalized spacial score (nSPS) is 13.3. The number of halogens is 3. The number of hydrogen-bond acceptors (Lipinski definition) is 5. The molecule has 10 heteroatoms. The molecule has 2 N–H and O–H groups in total. The molecule has 6 nitrogen and oxygen atoms in total. The fourth-order valence-corrected chi connectivity index (χ4v) is 2.52. The Balaban J connectivity index is 2.76. The average molecular weight is 312 g/mol. The van der Waals surface area contributed by atoms with Crippen LogP contribution in [-0.2, 0) is 16.2 Å². The van der Waals surface area contributed by atoms with E-state index in [1.165, 1.54) is 0 Å². The van der Waals surface area contributed by atoms with E-state index in [-0.39, 0.29) is 12.5 Å². The molecule has 1 rings (SSSR count). The van der Waals surface area contributed by atoms with Gasteiger partial charge < -0.3 is 5.32 Å². The van der Waals surface area contributed by atoms with Crippen molar-refractivity contribution in [3.63, 3.8) is 0 Å². The van der Waals surface area contributed by atoms with Gasteiger partial charge >= 0.3 is 6.18 Å². The van der Waals surface area contributed by atoms with E-state index in [1.807, 2.05) is 0 Å². The third-order valence-electron chi connectivity index (χ3n) is 2.10. The van der Waals surface area contributed by atoms with E-state index >= 15 is 0 Å². The lowest BCUT2D eigenvalue weighted by atomic mass is 10.1. The van der Waals surface area contributed by atoms with E-state index in [0.717, 1.165) is 18.5 Å². The van der Waals surface area contributed by atoms with Crippen LogP contribution >= 0.6 is 0 Å². The van der Waals surface area contributed by atoms with E-state index < -0.39 is 27.4 Å². The fraction of sp³-hybridized carbons (Fsp3) is 0.600. The second kappa shape index (κ2) is 5.52. The van der Waals surface area contributed by atoms with Crippen LogP contribution in [0.2, 0.25) is 0 Å². The highest BCUT2D eigenvalue weighted by Gasteiger charge is 2.33. The highest BCUT2D eigenvalue weighted by Crippen LogP contribution is 2.27. The van der Waals surface area contributed by atoms with Gasteiger partial charge in [0.25, 0.3) is 0 Å². The van der Waals surface area contributed by atoms with Gasteiger partial charge in [0, 0.05) is 18.3 Å². The van der Waals surface area contributed by atoms with Crippen molar-refractivity contribution in [1.29, 1.82) is 0 Å². The summed E-state index contributed by atoms with van der Waals surface area (Å²) < 4.78 is 62.0. The Labute approximate surface area is 114 Å². The highest BCUT2D eigenvalue weighted by molar-refractivity contribution is 7.88. The Morgan fingerprint density at radius 2 is 1.90 bits per heavy atom. The van der Waals surface area contributed by atoms with Crippen molar-refractivity contribution in [2.24, 2.45) is 0 Å². The molecular weight excluding hydrogens is 297 g/mol. The van der Waals surface area contributed by atoms with Crippen LogP contribution in [0, 0.1) is 0 Å². The van der Waals surface area contributed by atoms with Crippen LogP contribution in [0.15, 0.2) is 12.3 Å². The fourth-order valence-electron chi connectivity index (χ4n) is 1.44. The number of nitrogens with zero attached hydrogens (tertiary/aromatic N) is 2. The molecule has 0 bridgehead atoms. The second-order valence-electron chi connectivity index (χ2n) is 4.87. The van der Waals surface area contributed by atoms with Crippen LogP contribution in [-0.4, -0.2) is 36.7 Å². The topological polar surface area (TPSA) is 84.0 Å². The SMILES string of the molecule is CC(C)(CNc1nccc(C(F)(F)F)n1)NS(C)(=O)=O. The third kappa shape index (κ3) is 5.70. The predicted octanol–water partition coefficient (Wildman–Crippen LogP) is 1.24. The number of nitrogens with one attached hydrogen (secondary N) is 2. The summed E-state index contributed by atoms with van der Waals surface area (Å²) in [7, 11) is -3.43. The van der Waals surface area contributed by atoms with Gasteiger partial charge in [-0.2, -0.15) is 13.2 Å². The van der Waals surface area contributed by atoms with Gasteiger partial charge in [-0.1, -0.05) is 0 Å². The third-order valence-corrected chi connectivity index (χ3v) is 3.02. The molecule has 0 aromatic carbocycles. The number of hydrogen-bond donors (Lipinski definition) is 2. The summed E-state index contributed by atoms with van der Waals surface area (Å²) in [5, 5.41) is 2.57. The van der Waals surface area contributed by atoms with Gasteiger partial charge in [0.2, 0.25) is 16.0 Å². The van der Waals surface area contributed by atoms with Crippen molar-refractivity contribution in [2.75, 3.05) is 18.1 Å². The van der Waals surface area contributed by atoms with Crippen LogP contribution in [0.1, 0.15) is 19.5 Å². The summed E-state index contributed by atoms with van der Waals surface area (Å²) in [6.07, 6.45) is -2.58. The Morgan fingerprint density at radius 3 is 2.40 bits per heavy atom. The number of alkyl halides is 3. The first-order valence-corrected chi connectivity index (χ1v) is 7.41. The number of anilines is 1. The lowest BCUT2D eigenvalue weighted by Gasteiger charge is -2.25. The van der Waals surface area contributed by atoms with Crippen LogP contribution in [0.4, 0.5) is 19.1 Å². The monoisotopic (exact) mass is 312 g/mol. The van der Waals surface area contributed by atoms with Crippen molar-refractivity contribution in [2.45, 2.75) is 25.6 Å². The van der Waals surface area contributed by atoms with Gasteiger partial charge in [0.1, 0.15) is 5.69 Å². The standard InChI is InChI=1S/C10H15F3N4O2S/c1-9(2,17-20(3,18)19)6-15-8-14-5-4-7(16-8)10(11,12)13/h4-5,17H,6H2,1-3H3,(H,14,15,16). The molecule has 0 spiro atoms. The molecule has 0 atom stereocenters. The molecule has 114 valence electrons. The first kappa shape index (κ1) is 16.6. The van der Waals surface area contributed by atoms with Crippen LogP contribution in [0.5, 0.6) is 0 Å². The Kier molecular flexibility index (Phi) is 4.59. The lowest BCUT2D eigenvalue weighted by molar-refractivity contribution is -0.141. The summed E-state index contributed by atoms with van der Waals surface area (Å²) in [6, 6.07) is 0.755. The molecule has 0 fully saturated rings. The zero-order chi connectivity index (χ0) is 15.6. The van der Waals surface area contributed by atoms with Gasteiger partial charge in [-0.25, -0.2) is 23.1 Å².